The molecule has 36 heavy (non-hydrogen) atoms. The van der Waals surface area contributed by atoms with E-state index in [2.05, 4.69) is 32.8 Å². The minimum Gasteiger partial charge on any atom is -0.380 e. The molecule has 2 fully saturated rings. The molecule has 2 aliphatic rings. The molecule has 0 spiro atoms. The van der Waals surface area contributed by atoms with Crippen LogP contribution in [0.1, 0.15) is 142 Å². The van der Waals surface area contributed by atoms with E-state index in [1.165, 1.54) is 109 Å². The van der Waals surface area contributed by atoms with Crippen molar-refractivity contribution in [2.75, 3.05) is 40.5 Å². The van der Waals surface area contributed by atoms with Gasteiger partial charge in [0.2, 0.25) is 0 Å². The fraction of sp³-hybridized carbons (Fsp3) is 1.00. The van der Waals surface area contributed by atoms with E-state index in [0.29, 0.717) is 6.04 Å². The predicted molar refractivity (Wildman–Crippen MR) is 157 cm³/mol. The molecule has 0 saturated heterocycles. The second-order valence-corrected chi connectivity index (χ2v) is 12.7. The van der Waals surface area contributed by atoms with Crippen LogP contribution in [-0.4, -0.2) is 51.5 Å². The van der Waals surface area contributed by atoms with E-state index in [1.54, 1.807) is 19.3 Å². The first-order valence-electron chi connectivity index (χ1n) is 16.5. The van der Waals surface area contributed by atoms with Gasteiger partial charge in [0.1, 0.15) is 0 Å². The second kappa shape index (κ2) is 20.8. The third-order valence-electron chi connectivity index (χ3n) is 9.03. The van der Waals surface area contributed by atoms with Crippen LogP contribution in [0.4, 0.5) is 0 Å². The summed E-state index contributed by atoms with van der Waals surface area (Å²) in [6, 6.07) is 0.378. The smallest absolute Gasteiger partial charge is 0.0644 e. The summed E-state index contributed by atoms with van der Waals surface area (Å²) in [5.41, 5.74) is 0. The highest BCUT2D eigenvalue weighted by atomic mass is 16.5. The molecule has 0 aromatic carbocycles. The predicted octanol–water partition coefficient (Wildman–Crippen LogP) is 9.28. The van der Waals surface area contributed by atoms with Crippen LogP contribution in [0, 0.1) is 23.7 Å². The van der Waals surface area contributed by atoms with E-state index in [-0.39, 0.29) is 0 Å². The molecule has 5 atom stereocenters. The van der Waals surface area contributed by atoms with E-state index in [0.717, 1.165) is 50.1 Å². The average molecular weight is 508 g/mol. The summed E-state index contributed by atoms with van der Waals surface area (Å²) in [6.45, 7) is 8.00. The first kappa shape index (κ1) is 32.1. The van der Waals surface area contributed by atoms with Gasteiger partial charge in [-0.2, -0.15) is 0 Å². The van der Waals surface area contributed by atoms with Gasteiger partial charge in [-0.25, -0.2) is 0 Å². The highest BCUT2D eigenvalue weighted by Gasteiger charge is 2.44. The fourth-order valence-electron chi connectivity index (χ4n) is 6.04. The summed E-state index contributed by atoms with van der Waals surface area (Å²) in [5.74, 6) is 4.48. The van der Waals surface area contributed by atoms with Gasteiger partial charge in [0.25, 0.3) is 0 Å². The maximum Gasteiger partial charge on any atom is 0.0644 e. The van der Waals surface area contributed by atoms with Crippen molar-refractivity contribution in [2.24, 2.45) is 23.7 Å². The van der Waals surface area contributed by atoms with Crippen molar-refractivity contribution in [3.63, 3.8) is 0 Å². The van der Waals surface area contributed by atoms with Crippen molar-refractivity contribution in [2.45, 2.75) is 148 Å². The van der Waals surface area contributed by atoms with Gasteiger partial charge >= 0.3 is 0 Å². The summed E-state index contributed by atoms with van der Waals surface area (Å²) in [4.78, 5) is 2.25. The number of hydrogen-bond donors (Lipinski definition) is 0. The molecule has 0 aromatic heterocycles. The Morgan fingerprint density at radius 2 is 0.972 bits per heavy atom. The molecule has 0 aliphatic heterocycles. The Labute approximate surface area is 226 Å². The molecule has 0 N–H and O–H groups in total. The summed E-state index contributed by atoms with van der Waals surface area (Å²) < 4.78 is 12.0. The Hall–Kier alpha value is -0.120. The Kier molecular flexibility index (Phi) is 18.5. The third-order valence-corrected chi connectivity index (χ3v) is 9.03. The van der Waals surface area contributed by atoms with Crippen molar-refractivity contribution in [3.05, 3.63) is 0 Å². The lowest BCUT2D eigenvalue weighted by molar-refractivity contribution is 0.0197. The van der Waals surface area contributed by atoms with Crippen LogP contribution in [-0.2, 0) is 9.47 Å². The molecule has 2 aliphatic carbocycles. The highest BCUT2D eigenvalue weighted by Crippen LogP contribution is 2.54. The van der Waals surface area contributed by atoms with E-state index >= 15 is 0 Å². The first-order chi connectivity index (χ1) is 17.7. The molecule has 0 aromatic rings. The molecule has 3 unspecified atom stereocenters. The van der Waals surface area contributed by atoms with Gasteiger partial charge in [-0.15, -0.1) is 0 Å². The first-order valence-corrected chi connectivity index (χ1v) is 16.5. The molecule has 2 saturated carbocycles. The van der Waals surface area contributed by atoms with E-state index < -0.39 is 0 Å². The number of unbranched alkanes of at least 4 members (excludes halogenated alkanes) is 12. The summed E-state index contributed by atoms with van der Waals surface area (Å²) in [7, 11) is 4.28. The molecule has 214 valence electrons. The molecule has 0 radical (unpaired) electrons. The minimum absolute atomic E-state index is 0.378. The maximum absolute atomic E-state index is 6.01. The molecule has 0 heterocycles. The van der Waals surface area contributed by atoms with E-state index in [9.17, 15) is 0 Å². The number of likely N-dealkylation sites (N-methyl/N-ethyl adjacent to an activating group) is 1. The SMILES string of the molecule is CCCCCCCCOCC(COCCCCCCCCC1CC1C[C@H]1C[C@H]1CCCCC)N(C)C. The van der Waals surface area contributed by atoms with Gasteiger partial charge in [-0.3, -0.25) is 0 Å². The summed E-state index contributed by atoms with van der Waals surface area (Å²) in [6.07, 6.45) is 28.3. The quantitative estimate of drug-likeness (QED) is 0.103. The van der Waals surface area contributed by atoms with Gasteiger partial charge < -0.3 is 14.4 Å². The minimum atomic E-state index is 0.378. The zero-order chi connectivity index (χ0) is 25.8. The van der Waals surface area contributed by atoms with Crippen LogP contribution in [0.15, 0.2) is 0 Å². The number of ether oxygens (including phenoxy) is 2. The monoisotopic (exact) mass is 508 g/mol. The molecule has 3 heteroatoms. The average Bonchev–Trinajstić information content (AvgIpc) is 3.79. The van der Waals surface area contributed by atoms with Crippen LogP contribution in [0.3, 0.4) is 0 Å². The second-order valence-electron chi connectivity index (χ2n) is 12.7. The molecule has 0 bridgehead atoms. The van der Waals surface area contributed by atoms with Gasteiger partial charge in [0.15, 0.2) is 0 Å². The van der Waals surface area contributed by atoms with Gasteiger partial charge in [-0.1, -0.05) is 110 Å². The lowest BCUT2D eigenvalue weighted by atomic mass is 10.0. The van der Waals surface area contributed by atoms with E-state index in [1.807, 2.05) is 0 Å². The molecule has 0 amide bonds. The topological polar surface area (TPSA) is 21.7 Å². The van der Waals surface area contributed by atoms with Crippen LogP contribution in [0.25, 0.3) is 0 Å². The summed E-state index contributed by atoms with van der Waals surface area (Å²) >= 11 is 0. The van der Waals surface area contributed by atoms with Crippen molar-refractivity contribution in [1.29, 1.82) is 0 Å². The van der Waals surface area contributed by atoms with Crippen molar-refractivity contribution < 1.29 is 9.47 Å². The lowest BCUT2D eigenvalue weighted by Crippen LogP contribution is -2.37. The number of hydrogen-bond acceptors (Lipinski definition) is 3. The standard InChI is InChI=1S/C33H65NO2/c1-5-7-9-10-14-18-22-35-27-33(34(3)4)28-36-23-19-15-12-11-13-17-21-30-25-32(30)26-31-24-29(31)20-16-8-6-2/h29-33H,5-28H2,1-4H3/t29-,30?,31-,32?,33?/m1/s1. The molecule has 3 nitrogen and oxygen atoms in total. The Balaban J connectivity index is 1.31. The Morgan fingerprint density at radius 1 is 0.556 bits per heavy atom. The molecular weight excluding hydrogens is 442 g/mol. The van der Waals surface area contributed by atoms with Crippen LogP contribution < -0.4 is 0 Å². The van der Waals surface area contributed by atoms with Gasteiger partial charge in [0.05, 0.1) is 19.3 Å². The van der Waals surface area contributed by atoms with Gasteiger partial charge in [0, 0.05) is 13.2 Å². The Morgan fingerprint density at radius 3 is 1.47 bits per heavy atom. The normalized spacial score (nSPS) is 23.9. The van der Waals surface area contributed by atoms with Crippen molar-refractivity contribution in [3.8, 4) is 0 Å². The fourth-order valence-corrected chi connectivity index (χ4v) is 6.04. The third kappa shape index (κ3) is 16.0. The lowest BCUT2D eigenvalue weighted by Gasteiger charge is -2.24. The number of nitrogens with zero attached hydrogens (tertiary/aromatic N) is 1. The molecule has 2 rings (SSSR count). The van der Waals surface area contributed by atoms with Gasteiger partial charge in [-0.05, 0) is 69.9 Å². The van der Waals surface area contributed by atoms with Crippen molar-refractivity contribution in [1.82, 2.24) is 4.90 Å². The van der Waals surface area contributed by atoms with E-state index in [4.69, 9.17) is 9.47 Å². The number of rotatable bonds is 27. The summed E-state index contributed by atoms with van der Waals surface area (Å²) in [5, 5.41) is 0. The van der Waals surface area contributed by atoms with Crippen LogP contribution in [0.5, 0.6) is 0 Å². The largest absolute Gasteiger partial charge is 0.380 e. The Bertz CT molecular complexity index is 496. The van der Waals surface area contributed by atoms with Crippen LogP contribution in [0.2, 0.25) is 0 Å². The van der Waals surface area contributed by atoms with Crippen molar-refractivity contribution >= 4 is 0 Å². The zero-order valence-electron chi connectivity index (χ0n) is 25.1. The zero-order valence-corrected chi connectivity index (χ0v) is 25.1. The maximum atomic E-state index is 6.01. The molecular formula is C33H65NO2. The highest BCUT2D eigenvalue weighted by molar-refractivity contribution is 4.94. The van der Waals surface area contributed by atoms with Crippen LogP contribution >= 0.6 is 0 Å².